The maximum Gasteiger partial charge on any atom is 0.306 e. The molecule has 0 aliphatic carbocycles. The highest BCUT2D eigenvalue weighted by Crippen LogP contribution is 2.17. The number of carbonyl (C=O) groups excluding carboxylic acids is 2. The quantitative estimate of drug-likeness (QED) is 0.0360. The van der Waals surface area contributed by atoms with Gasteiger partial charge in [0.2, 0.25) is 5.91 Å². The number of amides is 1. The first-order chi connectivity index (χ1) is 22.5. The molecular weight excluding hydrogens is 574 g/mol. The molecular formula is C40H77NO5. The van der Waals surface area contributed by atoms with Gasteiger partial charge in [-0.05, 0) is 44.9 Å². The molecule has 0 heterocycles. The van der Waals surface area contributed by atoms with Crippen molar-refractivity contribution in [3.8, 4) is 0 Å². The topological polar surface area (TPSA) is 95.9 Å². The van der Waals surface area contributed by atoms with E-state index >= 15 is 0 Å². The number of aliphatic hydroxyl groups excluding tert-OH is 2. The summed E-state index contributed by atoms with van der Waals surface area (Å²) in [6, 6.07) is -0.695. The Balaban J connectivity index is 4.57. The van der Waals surface area contributed by atoms with Gasteiger partial charge in [-0.1, -0.05) is 161 Å². The van der Waals surface area contributed by atoms with Gasteiger partial charge in [0.05, 0.1) is 25.2 Å². The first-order valence-electron chi connectivity index (χ1n) is 19.9. The second-order valence-electron chi connectivity index (χ2n) is 13.7. The molecule has 0 aromatic heterocycles. The van der Waals surface area contributed by atoms with Gasteiger partial charge < -0.3 is 20.3 Å². The Bertz CT molecular complexity index is 697. The molecule has 0 spiro atoms. The highest BCUT2D eigenvalue weighted by atomic mass is 16.5. The Morgan fingerprint density at radius 3 is 1.63 bits per heavy atom. The number of nitrogens with one attached hydrogen (secondary N) is 1. The smallest absolute Gasteiger partial charge is 0.306 e. The summed E-state index contributed by atoms with van der Waals surface area (Å²) in [6.45, 7) is 6.35. The van der Waals surface area contributed by atoms with Crippen molar-refractivity contribution in [3.63, 3.8) is 0 Å². The third kappa shape index (κ3) is 30.0. The molecule has 0 fully saturated rings. The zero-order valence-electron chi connectivity index (χ0n) is 30.7. The fraction of sp³-hybridized carbons (Fsp3) is 0.900. The fourth-order valence-corrected chi connectivity index (χ4v) is 6.02. The van der Waals surface area contributed by atoms with Crippen molar-refractivity contribution in [3.05, 3.63) is 12.2 Å². The summed E-state index contributed by atoms with van der Waals surface area (Å²) in [7, 11) is 0. The van der Waals surface area contributed by atoms with Crippen LogP contribution in [0.4, 0.5) is 0 Å². The van der Waals surface area contributed by atoms with Crippen LogP contribution < -0.4 is 5.32 Å². The molecule has 0 aliphatic rings. The van der Waals surface area contributed by atoms with E-state index < -0.39 is 18.2 Å². The first-order valence-corrected chi connectivity index (χ1v) is 19.9. The van der Waals surface area contributed by atoms with Crippen LogP contribution >= 0.6 is 0 Å². The van der Waals surface area contributed by atoms with Crippen LogP contribution in [0.2, 0.25) is 0 Å². The molecule has 0 rings (SSSR count). The average Bonchev–Trinajstić information content (AvgIpc) is 3.04. The van der Waals surface area contributed by atoms with Gasteiger partial charge >= 0.3 is 5.97 Å². The van der Waals surface area contributed by atoms with Crippen molar-refractivity contribution < 1.29 is 24.5 Å². The van der Waals surface area contributed by atoms with E-state index in [2.05, 4.69) is 38.2 Å². The van der Waals surface area contributed by atoms with Gasteiger partial charge in [-0.25, -0.2) is 0 Å². The molecule has 3 N–H and O–H groups in total. The van der Waals surface area contributed by atoms with Gasteiger partial charge in [-0.3, -0.25) is 9.59 Å². The predicted octanol–water partition coefficient (Wildman–Crippen LogP) is 10.7. The number of hydrogen-bond donors (Lipinski definition) is 3. The van der Waals surface area contributed by atoms with Crippen LogP contribution in [-0.2, 0) is 14.3 Å². The van der Waals surface area contributed by atoms with Crippen molar-refractivity contribution in [1.29, 1.82) is 0 Å². The number of allylic oxidation sites excluding steroid dienone is 2. The highest BCUT2D eigenvalue weighted by Gasteiger charge is 2.24. The molecule has 1 amide bonds. The van der Waals surface area contributed by atoms with Crippen LogP contribution in [0.1, 0.15) is 207 Å². The SMILES string of the molecule is CCC/C=C\CCCCCC(CC(=O)NC(CO)C(O)CCCCCCCCCCC)OC(=O)CCCCCCCCCCCC. The maximum absolute atomic E-state index is 13.0. The van der Waals surface area contributed by atoms with Gasteiger partial charge in [0.15, 0.2) is 0 Å². The lowest BCUT2D eigenvalue weighted by atomic mass is 10.0. The van der Waals surface area contributed by atoms with Gasteiger partial charge in [0, 0.05) is 6.42 Å². The van der Waals surface area contributed by atoms with E-state index in [9.17, 15) is 19.8 Å². The van der Waals surface area contributed by atoms with E-state index in [1.807, 2.05) is 0 Å². The van der Waals surface area contributed by atoms with E-state index in [4.69, 9.17) is 4.74 Å². The van der Waals surface area contributed by atoms with Gasteiger partial charge in [-0.15, -0.1) is 0 Å². The van der Waals surface area contributed by atoms with E-state index in [0.717, 1.165) is 77.0 Å². The van der Waals surface area contributed by atoms with Crippen LogP contribution in [0.15, 0.2) is 12.2 Å². The Kier molecular flexibility index (Phi) is 33.9. The molecule has 0 radical (unpaired) electrons. The van der Waals surface area contributed by atoms with E-state index in [1.165, 1.54) is 83.5 Å². The molecule has 46 heavy (non-hydrogen) atoms. The number of carbonyl (C=O) groups is 2. The summed E-state index contributed by atoms with van der Waals surface area (Å²) in [5, 5.41) is 23.4. The average molecular weight is 652 g/mol. The molecule has 272 valence electrons. The summed E-state index contributed by atoms with van der Waals surface area (Å²) in [4.78, 5) is 25.7. The van der Waals surface area contributed by atoms with Crippen molar-refractivity contribution in [2.24, 2.45) is 0 Å². The lowest BCUT2D eigenvalue weighted by Crippen LogP contribution is -2.46. The summed E-state index contributed by atoms with van der Waals surface area (Å²) in [6.07, 6.45) is 34.2. The molecule has 0 aromatic carbocycles. The van der Waals surface area contributed by atoms with E-state index in [1.54, 1.807) is 0 Å². The number of aliphatic hydroxyl groups is 2. The first kappa shape index (κ1) is 44.6. The molecule has 0 saturated carbocycles. The minimum absolute atomic E-state index is 0.0709. The largest absolute Gasteiger partial charge is 0.462 e. The third-order valence-electron chi connectivity index (χ3n) is 9.08. The number of rotatable bonds is 35. The van der Waals surface area contributed by atoms with Crippen LogP contribution in [-0.4, -0.2) is 46.9 Å². The Morgan fingerprint density at radius 2 is 1.09 bits per heavy atom. The highest BCUT2D eigenvalue weighted by molar-refractivity contribution is 5.77. The zero-order valence-corrected chi connectivity index (χ0v) is 30.7. The maximum atomic E-state index is 13.0. The number of unbranched alkanes of at least 4 members (excludes halogenated alkanes) is 21. The molecule has 0 bridgehead atoms. The minimum Gasteiger partial charge on any atom is -0.462 e. The molecule has 6 heteroatoms. The van der Waals surface area contributed by atoms with Gasteiger partial charge in [0.1, 0.15) is 6.10 Å². The Morgan fingerprint density at radius 1 is 0.609 bits per heavy atom. The minimum atomic E-state index is -0.781. The van der Waals surface area contributed by atoms with Crippen molar-refractivity contribution >= 4 is 11.9 Å². The predicted molar refractivity (Wildman–Crippen MR) is 195 cm³/mol. The molecule has 3 unspecified atom stereocenters. The molecule has 0 saturated heterocycles. The summed E-state index contributed by atoms with van der Waals surface area (Å²) in [5.41, 5.74) is 0. The number of hydrogen-bond acceptors (Lipinski definition) is 5. The summed E-state index contributed by atoms with van der Waals surface area (Å²) >= 11 is 0. The molecule has 0 aliphatic heterocycles. The monoisotopic (exact) mass is 652 g/mol. The molecule has 3 atom stereocenters. The van der Waals surface area contributed by atoms with Crippen molar-refractivity contribution in [2.45, 2.75) is 225 Å². The summed E-state index contributed by atoms with van der Waals surface area (Å²) in [5.74, 6) is -0.492. The van der Waals surface area contributed by atoms with E-state index in [-0.39, 0.29) is 24.9 Å². The lowest BCUT2D eigenvalue weighted by Gasteiger charge is -2.24. The Labute approximate surface area is 285 Å². The zero-order chi connectivity index (χ0) is 33.9. The van der Waals surface area contributed by atoms with Gasteiger partial charge in [0.25, 0.3) is 0 Å². The second kappa shape index (κ2) is 34.9. The van der Waals surface area contributed by atoms with Gasteiger partial charge in [-0.2, -0.15) is 0 Å². The number of ether oxygens (including phenoxy) is 1. The van der Waals surface area contributed by atoms with Crippen LogP contribution in [0.25, 0.3) is 0 Å². The lowest BCUT2D eigenvalue weighted by molar-refractivity contribution is -0.151. The standard InChI is InChI=1S/C40H77NO5/c1-4-7-10-13-16-19-21-24-27-30-33-40(45)46-36(31-28-25-22-18-15-12-9-6-3)34-39(44)41-37(35-42)38(43)32-29-26-23-20-17-14-11-8-5-2/h12,15,36-38,42-43H,4-11,13-14,16-35H2,1-3H3,(H,41,44)/b15-12-. The van der Waals surface area contributed by atoms with Crippen LogP contribution in [0.5, 0.6) is 0 Å². The molecule has 0 aromatic rings. The Hall–Kier alpha value is -1.40. The van der Waals surface area contributed by atoms with Crippen LogP contribution in [0.3, 0.4) is 0 Å². The normalized spacial score (nSPS) is 13.6. The molecule has 6 nitrogen and oxygen atoms in total. The summed E-state index contributed by atoms with van der Waals surface area (Å²) < 4.78 is 5.83. The number of esters is 1. The van der Waals surface area contributed by atoms with E-state index in [0.29, 0.717) is 19.3 Å². The third-order valence-corrected chi connectivity index (χ3v) is 9.08. The van der Waals surface area contributed by atoms with Crippen molar-refractivity contribution in [1.82, 2.24) is 5.32 Å². The second-order valence-corrected chi connectivity index (χ2v) is 13.7. The fourth-order valence-electron chi connectivity index (χ4n) is 6.02. The van der Waals surface area contributed by atoms with Crippen molar-refractivity contribution in [2.75, 3.05) is 6.61 Å². The van der Waals surface area contributed by atoms with Crippen LogP contribution in [0, 0.1) is 0 Å².